The Morgan fingerprint density at radius 2 is 1.70 bits per heavy atom. The first-order valence-electron chi connectivity index (χ1n) is 12.5. The summed E-state index contributed by atoms with van der Waals surface area (Å²) < 4.78 is 5.99. The van der Waals surface area contributed by atoms with Crippen molar-refractivity contribution in [3.05, 3.63) is 59.1 Å². The predicted molar refractivity (Wildman–Crippen MR) is 136 cm³/mol. The molecule has 2 aromatic rings. The zero-order valence-electron chi connectivity index (χ0n) is 20.0. The van der Waals surface area contributed by atoms with Crippen molar-refractivity contribution in [1.29, 1.82) is 0 Å². The molecule has 0 radical (unpaired) electrons. The maximum absolute atomic E-state index is 13.5. The van der Waals surface area contributed by atoms with Gasteiger partial charge < -0.3 is 10.1 Å². The lowest BCUT2D eigenvalue weighted by atomic mass is 9.68. The van der Waals surface area contributed by atoms with E-state index < -0.39 is 5.41 Å². The van der Waals surface area contributed by atoms with Gasteiger partial charge in [0, 0.05) is 30.3 Å². The molecule has 1 heterocycles. The molecular formula is C28H37ClN2O2. The summed E-state index contributed by atoms with van der Waals surface area (Å²) in [4.78, 5) is 16.0. The molecule has 2 aliphatic rings. The fourth-order valence-electron chi connectivity index (χ4n) is 5.78. The predicted octanol–water partition coefficient (Wildman–Crippen LogP) is 6.54. The number of ether oxygens (including phenoxy) is 1. The number of benzene rings is 2. The summed E-state index contributed by atoms with van der Waals surface area (Å²) in [5, 5.41) is 3.84. The van der Waals surface area contributed by atoms with Gasteiger partial charge in [0.15, 0.2) is 0 Å². The number of anilines is 1. The van der Waals surface area contributed by atoms with Gasteiger partial charge >= 0.3 is 0 Å². The van der Waals surface area contributed by atoms with Crippen LogP contribution in [0.5, 0.6) is 5.75 Å². The fourth-order valence-corrected chi connectivity index (χ4v) is 6.09. The number of rotatable bonds is 7. The maximum atomic E-state index is 13.5. The van der Waals surface area contributed by atoms with Gasteiger partial charge in [-0.2, -0.15) is 0 Å². The minimum Gasteiger partial charge on any atom is -0.492 e. The van der Waals surface area contributed by atoms with E-state index in [2.05, 4.69) is 24.1 Å². The quantitative estimate of drug-likeness (QED) is 0.501. The van der Waals surface area contributed by atoms with Gasteiger partial charge in [-0.3, -0.25) is 9.69 Å². The number of amides is 1. The number of hydrogen-bond donors (Lipinski definition) is 1. The first-order chi connectivity index (χ1) is 16.0. The van der Waals surface area contributed by atoms with Crippen molar-refractivity contribution in [3.63, 3.8) is 0 Å². The van der Waals surface area contributed by atoms with E-state index in [-0.39, 0.29) is 5.91 Å². The Bertz CT molecular complexity index is 914. The molecule has 1 N–H and O–H groups in total. The highest BCUT2D eigenvalue weighted by Crippen LogP contribution is 2.43. The first kappa shape index (κ1) is 24.1. The standard InChI is InChI=1S/C28H37ClN2O2/c1-21-18-22(2)20-31(19-21)16-17-33-24-12-10-23(11-13-24)30-27(32)28(14-6-3-7-15-28)25-8-4-5-9-26(25)29/h4-5,8-13,21-22H,3,6-7,14-20H2,1-2H3,(H,30,32)/t21-,22-/m1/s1. The van der Waals surface area contributed by atoms with Crippen molar-refractivity contribution in [3.8, 4) is 5.75 Å². The number of halogens is 1. The van der Waals surface area contributed by atoms with Crippen LogP contribution in [-0.2, 0) is 10.2 Å². The fraction of sp³-hybridized carbons (Fsp3) is 0.536. The van der Waals surface area contributed by atoms with Crippen LogP contribution in [-0.4, -0.2) is 37.0 Å². The van der Waals surface area contributed by atoms with Gasteiger partial charge in [0.05, 0.1) is 5.41 Å². The lowest BCUT2D eigenvalue weighted by Gasteiger charge is -2.37. The second-order valence-electron chi connectivity index (χ2n) is 10.2. The van der Waals surface area contributed by atoms with Gasteiger partial charge in [0.2, 0.25) is 5.91 Å². The Morgan fingerprint density at radius 1 is 1.03 bits per heavy atom. The largest absolute Gasteiger partial charge is 0.492 e. The van der Waals surface area contributed by atoms with Gasteiger partial charge in [-0.25, -0.2) is 0 Å². The second-order valence-corrected chi connectivity index (χ2v) is 10.6. The summed E-state index contributed by atoms with van der Waals surface area (Å²) in [5.74, 6) is 2.40. The zero-order valence-corrected chi connectivity index (χ0v) is 20.7. The van der Waals surface area contributed by atoms with Crippen LogP contribution in [0.4, 0.5) is 5.69 Å². The van der Waals surface area contributed by atoms with Crippen LogP contribution in [0.25, 0.3) is 0 Å². The van der Waals surface area contributed by atoms with E-state index in [1.165, 1.54) is 12.8 Å². The Balaban J connectivity index is 1.36. The minimum absolute atomic E-state index is 0.0392. The summed E-state index contributed by atoms with van der Waals surface area (Å²) in [5.41, 5.74) is 1.18. The van der Waals surface area contributed by atoms with Crippen LogP contribution in [0.3, 0.4) is 0 Å². The Kier molecular flexibility index (Phi) is 7.98. The van der Waals surface area contributed by atoms with E-state index in [1.807, 2.05) is 48.5 Å². The normalized spacial score (nSPS) is 23.1. The highest BCUT2D eigenvalue weighted by molar-refractivity contribution is 6.31. The SMILES string of the molecule is C[C@@H]1C[C@@H](C)CN(CCOc2ccc(NC(=O)C3(c4ccccc4Cl)CCCCC3)cc2)C1. The second kappa shape index (κ2) is 10.9. The molecular weight excluding hydrogens is 432 g/mol. The molecule has 0 spiro atoms. The molecule has 0 aromatic heterocycles. The van der Waals surface area contributed by atoms with Crippen LogP contribution >= 0.6 is 11.6 Å². The topological polar surface area (TPSA) is 41.6 Å². The summed E-state index contributed by atoms with van der Waals surface area (Å²) in [6, 6.07) is 15.5. The van der Waals surface area contributed by atoms with Crippen LogP contribution in [0, 0.1) is 11.8 Å². The third-order valence-electron chi connectivity index (χ3n) is 7.26. The average Bonchev–Trinajstić information content (AvgIpc) is 2.80. The number of likely N-dealkylation sites (tertiary alicyclic amines) is 1. The third kappa shape index (κ3) is 5.91. The Hall–Kier alpha value is -2.04. The van der Waals surface area contributed by atoms with E-state index in [0.29, 0.717) is 11.6 Å². The van der Waals surface area contributed by atoms with Crippen LogP contribution in [0.15, 0.2) is 48.5 Å². The van der Waals surface area contributed by atoms with Crippen LogP contribution in [0.2, 0.25) is 5.02 Å². The Morgan fingerprint density at radius 3 is 2.36 bits per heavy atom. The molecule has 4 nitrogen and oxygen atoms in total. The highest BCUT2D eigenvalue weighted by atomic mass is 35.5. The van der Waals surface area contributed by atoms with Crippen molar-refractivity contribution in [2.75, 3.05) is 31.6 Å². The highest BCUT2D eigenvalue weighted by Gasteiger charge is 2.42. The van der Waals surface area contributed by atoms with E-state index in [4.69, 9.17) is 16.3 Å². The van der Waals surface area contributed by atoms with Crippen molar-refractivity contribution in [1.82, 2.24) is 4.90 Å². The van der Waals surface area contributed by atoms with Gasteiger partial charge in [0.1, 0.15) is 12.4 Å². The smallest absolute Gasteiger partial charge is 0.235 e. The molecule has 2 aromatic carbocycles. The molecule has 4 rings (SSSR count). The van der Waals surface area contributed by atoms with E-state index >= 15 is 0 Å². The molecule has 33 heavy (non-hydrogen) atoms. The van der Waals surface area contributed by atoms with Gasteiger partial charge in [-0.15, -0.1) is 0 Å². The summed E-state index contributed by atoms with van der Waals surface area (Å²) in [7, 11) is 0. The molecule has 1 aliphatic carbocycles. The van der Waals surface area contributed by atoms with E-state index in [9.17, 15) is 4.79 Å². The van der Waals surface area contributed by atoms with Crippen molar-refractivity contribution in [2.45, 2.75) is 57.8 Å². The molecule has 1 saturated heterocycles. The summed E-state index contributed by atoms with van der Waals surface area (Å²) >= 11 is 6.54. The monoisotopic (exact) mass is 468 g/mol. The van der Waals surface area contributed by atoms with E-state index in [0.717, 1.165) is 74.2 Å². The molecule has 0 unspecified atom stereocenters. The lowest BCUT2D eigenvalue weighted by Crippen LogP contribution is -2.42. The van der Waals surface area contributed by atoms with Crippen LogP contribution in [0.1, 0.15) is 57.9 Å². The number of carbonyl (C=O) groups is 1. The first-order valence-corrected chi connectivity index (χ1v) is 12.9. The number of piperidine rings is 1. The van der Waals surface area contributed by atoms with Gasteiger partial charge in [-0.05, 0) is 67.0 Å². The molecule has 1 saturated carbocycles. The van der Waals surface area contributed by atoms with Crippen molar-refractivity contribution in [2.24, 2.45) is 11.8 Å². The lowest BCUT2D eigenvalue weighted by molar-refractivity contribution is -0.122. The van der Waals surface area contributed by atoms with Gasteiger partial charge in [-0.1, -0.05) is 62.9 Å². The molecule has 2 atom stereocenters. The number of carbonyl (C=O) groups excluding carboxylic acids is 1. The minimum atomic E-state index is -0.561. The summed E-state index contributed by atoms with van der Waals surface area (Å²) in [6.07, 6.45) is 6.23. The molecule has 1 amide bonds. The number of nitrogens with one attached hydrogen (secondary N) is 1. The van der Waals surface area contributed by atoms with Crippen LogP contribution < -0.4 is 10.1 Å². The maximum Gasteiger partial charge on any atom is 0.235 e. The van der Waals surface area contributed by atoms with Gasteiger partial charge in [0.25, 0.3) is 0 Å². The molecule has 178 valence electrons. The molecule has 2 fully saturated rings. The molecule has 0 bridgehead atoms. The average molecular weight is 469 g/mol. The zero-order chi connectivity index (χ0) is 23.3. The van der Waals surface area contributed by atoms with Crippen molar-refractivity contribution < 1.29 is 9.53 Å². The summed E-state index contributed by atoms with van der Waals surface area (Å²) in [6.45, 7) is 8.62. The molecule has 1 aliphatic heterocycles. The van der Waals surface area contributed by atoms with E-state index in [1.54, 1.807) is 0 Å². The number of nitrogens with zero attached hydrogens (tertiary/aromatic N) is 1. The van der Waals surface area contributed by atoms with Crippen molar-refractivity contribution >= 4 is 23.2 Å². The Labute approximate surface area is 203 Å². The third-order valence-corrected chi connectivity index (χ3v) is 7.59. The number of hydrogen-bond acceptors (Lipinski definition) is 3. The molecule has 5 heteroatoms.